The number of amides is 2. The maximum absolute atomic E-state index is 11.7. The maximum Gasteiger partial charge on any atom is 0.328 e. The summed E-state index contributed by atoms with van der Waals surface area (Å²) in [6.45, 7) is -0.475. The Morgan fingerprint density at radius 1 is 1.22 bits per heavy atom. The molecule has 0 aliphatic carbocycles. The number of H-pyrrole nitrogens is 2. The Kier molecular flexibility index (Phi) is 6.36. The molecule has 27 heavy (non-hydrogen) atoms. The SMILES string of the molecule is COc1ccc(/C=C/C(=O)NCC(=O)N=Nc2c(O)[nH]c(=O)[nH]c2=O)cc1. The van der Waals surface area contributed by atoms with Gasteiger partial charge in [-0.3, -0.25) is 24.4 Å². The van der Waals surface area contributed by atoms with Gasteiger partial charge in [0.25, 0.3) is 11.5 Å². The van der Waals surface area contributed by atoms with E-state index in [1.165, 1.54) is 6.08 Å². The molecule has 1 aromatic heterocycles. The lowest BCUT2D eigenvalue weighted by Crippen LogP contribution is -2.26. The average molecular weight is 373 g/mol. The third-order valence-corrected chi connectivity index (χ3v) is 3.12. The first-order valence-electron chi connectivity index (χ1n) is 7.49. The number of carbonyl (C=O) groups excluding carboxylic acids is 2. The largest absolute Gasteiger partial charge is 0.497 e. The number of methoxy groups -OCH3 is 1. The molecule has 0 bridgehead atoms. The number of aromatic amines is 2. The Morgan fingerprint density at radius 3 is 2.56 bits per heavy atom. The quantitative estimate of drug-likeness (QED) is 0.417. The fraction of sp³-hybridized carbons (Fsp3) is 0.125. The highest BCUT2D eigenvalue weighted by Crippen LogP contribution is 2.15. The van der Waals surface area contributed by atoms with Crippen LogP contribution in [-0.2, 0) is 9.59 Å². The molecule has 0 saturated carbocycles. The molecular formula is C16H15N5O6. The first kappa shape index (κ1) is 19.3. The molecule has 0 aliphatic heterocycles. The van der Waals surface area contributed by atoms with E-state index in [0.29, 0.717) is 5.75 Å². The molecule has 11 heteroatoms. The number of nitrogens with zero attached hydrogens (tertiary/aromatic N) is 2. The van der Waals surface area contributed by atoms with Gasteiger partial charge < -0.3 is 15.2 Å². The van der Waals surface area contributed by atoms with Crippen LogP contribution in [0.4, 0.5) is 5.69 Å². The van der Waals surface area contributed by atoms with Crippen LogP contribution in [0.15, 0.2) is 50.2 Å². The molecule has 0 unspecified atom stereocenters. The van der Waals surface area contributed by atoms with E-state index in [4.69, 9.17) is 4.74 Å². The fourth-order valence-corrected chi connectivity index (χ4v) is 1.81. The maximum atomic E-state index is 11.7. The molecule has 11 nitrogen and oxygen atoms in total. The summed E-state index contributed by atoms with van der Waals surface area (Å²) in [4.78, 5) is 49.3. The van der Waals surface area contributed by atoms with Crippen molar-refractivity contribution < 1.29 is 19.4 Å². The first-order chi connectivity index (χ1) is 12.9. The Morgan fingerprint density at radius 2 is 1.93 bits per heavy atom. The zero-order chi connectivity index (χ0) is 19.8. The molecule has 140 valence electrons. The van der Waals surface area contributed by atoms with Crippen molar-refractivity contribution in [3.63, 3.8) is 0 Å². The van der Waals surface area contributed by atoms with Gasteiger partial charge in [0.1, 0.15) is 12.3 Å². The van der Waals surface area contributed by atoms with Crippen LogP contribution in [0.1, 0.15) is 5.56 Å². The number of benzene rings is 1. The van der Waals surface area contributed by atoms with E-state index >= 15 is 0 Å². The highest BCUT2D eigenvalue weighted by molar-refractivity contribution is 5.94. The molecule has 0 saturated heterocycles. The second-order valence-electron chi connectivity index (χ2n) is 5.02. The lowest BCUT2D eigenvalue weighted by Gasteiger charge is -2.00. The fourth-order valence-electron chi connectivity index (χ4n) is 1.81. The Hall–Kier alpha value is -4.02. The summed E-state index contributed by atoms with van der Waals surface area (Å²) in [6.07, 6.45) is 2.77. The summed E-state index contributed by atoms with van der Waals surface area (Å²) in [5, 5.41) is 18.1. The Balaban J connectivity index is 1.89. The van der Waals surface area contributed by atoms with Crippen LogP contribution in [-0.4, -0.2) is 40.5 Å². The summed E-state index contributed by atoms with van der Waals surface area (Å²) in [5.74, 6) is -1.56. The Labute approximate surface area is 151 Å². The van der Waals surface area contributed by atoms with Crippen molar-refractivity contribution in [3.05, 3.63) is 56.7 Å². The molecular weight excluding hydrogens is 358 g/mol. The van der Waals surface area contributed by atoms with Crippen molar-refractivity contribution >= 4 is 23.6 Å². The average Bonchev–Trinajstić information content (AvgIpc) is 2.64. The number of aromatic nitrogens is 2. The lowest BCUT2D eigenvalue weighted by atomic mass is 10.2. The van der Waals surface area contributed by atoms with Gasteiger partial charge >= 0.3 is 5.69 Å². The zero-order valence-electron chi connectivity index (χ0n) is 14.1. The number of nitrogens with one attached hydrogen (secondary N) is 3. The van der Waals surface area contributed by atoms with Gasteiger partial charge in [-0.05, 0) is 23.8 Å². The smallest absolute Gasteiger partial charge is 0.328 e. The second kappa shape index (κ2) is 8.89. The van der Waals surface area contributed by atoms with Crippen LogP contribution < -0.4 is 21.3 Å². The highest BCUT2D eigenvalue weighted by Gasteiger charge is 2.08. The lowest BCUT2D eigenvalue weighted by molar-refractivity contribution is -0.122. The first-order valence-corrected chi connectivity index (χ1v) is 7.49. The van der Waals surface area contributed by atoms with E-state index in [9.17, 15) is 24.3 Å². The van der Waals surface area contributed by atoms with E-state index in [1.807, 2.05) is 9.97 Å². The third kappa shape index (κ3) is 5.77. The van der Waals surface area contributed by atoms with Crippen molar-refractivity contribution in [2.75, 3.05) is 13.7 Å². The minimum Gasteiger partial charge on any atom is -0.497 e. The van der Waals surface area contributed by atoms with Crippen LogP contribution in [0.3, 0.4) is 0 Å². The number of azo groups is 1. The predicted octanol–water partition coefficient (Wildman–Crippen LogP) is 0.217. The van der Waals surface area contributed by atoms with Crippen LogP contribution in [0.25, 0.3) is 6.08 Å². The summed E-state index contributed by atoms with van der Waals surface area (Å²) < 4.78 is 5.02. The molecule has 2 amide bonds. The van der Waals surface area contributed by atoms with Gasteiger partial charge in [0.2, 0.25) is 17.5 Å². The van der Waals surface area contributed by atoms with Crippen molar-refractivity contribution in [2.45, 2.75) is 0 Å². The monoisotopic (exact) mass is 373 g/mol. The standard InChI is InChI=1S/C16H15N5O6/c1-27-10-5-2-9(3-6-10)4-7-11(22)17-8-12(23)20-21-13-14(24)18-16(26)19-15(13)25/h2-7H,8H2,1H3,(H,17,22)(H3,18,19,24,25,26)/b7-4+,21-20?. The van der Waals surface area contributed by atoms with Gasteiger partial charge in [-0.25, -0.2) is 4.79 Å². The van der Waals surface area contributed by atoms with E-state index in [-0.39, 0.29) is 0 Å². The highest BCUT2D eigenvalue weighted by atomic mass is 16.5. The number of carbonyl (C=O) groups is 2. The number of rotatable bonds is 6. The normalized spacial score (nSPS) is 11.0. The number of hydrogen-bond acceptors (Lipinski definition) is 7. The van der Waals surface area contributed by atoms with E-state index in [1.54, 1.807) is 37.5 Å². The summed E-state index contributed by atoms with van der Waals surface area (Å²) >= 11 is 0. The zero-order valence-corrected chi connectivity index (χ0v) is 14.1. The van der Waals surface area contributed by atoms with Crippen molar-refractivity contribution in [2.24, 2.45) is 10.2 Å². The van der Waals surface area contributed by atoms with Gasteiger partial charge in [-0.15, -0.1) is 10.2 Å². The number of aromatic hydroxyl groups is 1. The van der Waals surface area contributed by atoms with Gasteiger partial charge in [0, 0.05) is 6.08 Å². The van der Waals surface area contributed by atoms with E-state index < -0.39 is 41.2 Å². The molecule has 0 radical (unpaired) electrons. The van der Waals surface area contributed by atoms with E-state index in [0.717, 1.165) is 5.56 Å². The van der Waals surface area contributed by atoms with Crippen LogP contribution in [0, 0.1) is 0 Å². The summed E-state index contributed by atoms with van der Waals surface area (Å²) in [5.41, 5.74) is -1.82. The Bertz CT molecular complexity index is 1000. The molecule has 1 aromatic carbocycles. The molecule has 0 aliphatic rings. The van der Waals surface area contributed by atoms with Gasteiger partial charge in [-0.1, -0.05) is 12.1 Å². The minimum absolute atomic E-state index is 0.475. The second-order valence-corrected chi connectivity index (χ2v) is 5.02. The summed E-state index contributed by atoms with van der Waals surface area (Å²) in [7, 11) is 1.54. The molecule has 4 N–H and O–H groups in total. The van der Waals surface area contributed by atoms with Gasteiger partial charge in [-0.2, -0.15) is 0 Å². The molecule has 2 aromatic rings. The molecule has 1 heterocycles. The van der Waals surface area contributed by atoms with Gasteiger partial charge in [0.15, 0.2) is 0 Å². The third-order valence-electron chi connectivity index (χ3n) is 3.12. The van der Waals surface area contributed by atoms with Crippen LogP contribution in [0.2, 0.25) is 0 Å². The van der Waals surface area contributed by atoms with Crippen molar-refractivity contribution in [3.8, 4) is 11.6 Å². The van der Waals surface area contributed by atoms with Gasteiger partial charge in [0.05, 0.1) is 7.11 Å². The molecule has 2 rings (SSSR count). The van der Waals surface area contributed by atoms with Crippen LogP contribution in [0.5, 0.6) is 11.6 Å². The number of hydrogen-bond donors (Lipinski definition) is 4. The van der Waals surface area contributed by atoms with E-state index in [2.05, 4.69) is 15.5 Å². The van der Waals surface area contributed by atoms with Crippen molar-refractivity contribution in [1.29, 1.82) is 0 Å². The topological polar surface area (TPSA) is 166 Å². The predicted molar refractivity (Wildman–Crippen MR) is 93.9 cm³/mol. The minimum atomic E-state index is -1.01. The molecule has 0 atom stereocenters. The van der Waals surface area contributed by atoms with Crippen LogP contribution >= 0.6 is 0 Å². The van der Waals surface area contributed by atoms with Crippen molar-refractivity contribution in [1.82, 2.24) is 15.3 Å². The number of ether oxygens (including phenoxy) is 1. The molecule has 0 fully saturated rings. The molecule has 0 spiro atoms. The summed E-state index contributed by atoms with van der Waals surface area (Å²) in [6, 6.07) is 6.96.